The van der Waals surface area contributed by atoms with Crippen LogP contribution in [0.3, 0.4) is 0 Å². The van der Waals surface area contributed by atoms with Gasteiger partial charge in [0.1, 0.15) is 0 Å². The molecule has 1 saturated heterocycles. The maximum absolute atomic E-state index is 13.2. The number of carbonyl (C=O) groups excluding carboxylic acids is 1. The van der Waals surface area contributed by atoms with E-state index in [1.165, 1.54) is 6.92 Å². The van der Waals surface area contributed by atoms with Crippen molar-refractivity contribution < 1.29 is 41.0 Å². The van der Waals surface area contributed by atoms with Crippen LogP contribution in [-0.4, -0.2) is 29.8 Å². The summed E-state index contributed by atoms with van der Waals surface area (Å²) >= 11 is 0. The number of halogens is 6. The number of nitrogens with one attached hydrogen (secondary N) is 1. The molecule has 3 unspecified atom stereocenters. The number of ether oxygens (including phenoxy) is 1. The third-order valence-electron chi connectivity index (χ3n) is 6.13. The van der Waals surface area contributed by atoms with Crippen LogP contribution in [0.25, 0.3) is 0 Å². The molecule has 1 fully saturated rings. The summed E-state index contributed by atoms with van der Waals surface area (Å²) in [7, 11) is 0. The van der Waals surface area contributed by atoms with Crippen molar-refractivity contribution >= 4 is 5.91 Å². The van der Waals surface area contributed by atoms with Gasteiger partial charge in [-0.15, -0.1) is 0 Å². The van der Waals surface area contributed by atoms with Gasteiger partial charge in [-0.2, -0.15) is 26.3 Å². The molecule has 0 bridgehead atoms. The average Bonchev–Trinajstić information content (AvgIpc) is 2.78. The Morgan fingerprint density at radius 2 is 1.62 bits per heavy atom. The van der Waals surface area contributed by atoms with E-state index in [0.717, 1.165) is 0 Å². The Bertz CT molecular complexity index is 983. The van der Waals surface area contributed by atoms with Crippen molar-refractivity contribution in [3.63, 3.8) is 0 Å². The average molecular weight is 490 g/mol. The maximum Gasteiger partial charge on any atom is 0.416 e. The van der Waals surface area contributed by atoms with Crippen LogP contribution in [0.2, 0.25) is 0 Å². The summed E-state index contributed by atoms with van der Waals surface area (Å²) in [4.78, 5) is 11.6. The van der Waals surface area contributed by atoms with Gasteiger partial charge < -0.3 is 20.9 Å². The van der Waals surface area contributed by atoms with Gasteiger partial charge in [0.05, 0.1) is 29.4 Å². The monoisotopic (exact) mass is 490 g/mol. The summed E-state index contributed by atoms with van der Waals surface area (Å²) in [5, 5.41) is 13.5. The summed E-state index contributed by atoms with van der Waals surface area (Å²) in [5.41, 5.74) is 0.131. The van der Waals surface area contributed by atoms with E-state index in [9.17, 15) is 36.2 Å². The molecule has 0 spiro atoms. The minimum atomic E-state index is -4.97. The number of hydrogen-bond donors (Lipinski definition) is 3. The first-order chi connectivity index (χ1) is 15.7. The van der Waals surface area contributed by atoms with Crippen molar-refractivity contribution in [2.45, 2.75) is 49.4 Å². The summed E-state index contributed by atoms with van der Waals surface area (Å²) in [6.07, 6.45) is -10.9. The lowest BCUT2D eigenvalue weighted by Gasteiger charge is -2.44. The highest BCUT2D eigenvalue weighted by atomic mass is 19.4. The molecule has 0 aliphatic carbocycles. The molecule has 2 aromatic rings. The quantitative estimate of drug-likeness (QED) is 0.528. The second-order valence-corrected chi connectivity index (χ2v) is 8.49. The van der Waals surface area contributed by atoms with Gasteiger partial charge in [0.2, 0.25) is 0 Å². The molecule has 0 aromatic heterocycles. The number of aliphatic hydroxyl groups is 1. The van der Waals surface area contributed by atoms with Crippen LogP contribution in [0.1, 0.15) is 48.1 Å². The molecule has 11 heteroatoms. The lowest BCUT2D eigenvalue weighted by molar-refractivity contribution is -0.144. The number of β-amino-alcohol motifs (C(OH)–C–C–N with tert-alkyl or cyclic N) is 1. The van der Waals surface area contributed by atoms with E-state index < -0.39 is 46.6 Å². The largest absolute Gasteiger partial charge is 0.416 e. The molecule has 0 saturated carbocycles. The van der Waals surface area contributed by atoms with E-state index in [1.54, 1.807) is 30.3 Å². The van der Waals surface area contributed by atoms with Crippen molar-refractivity contribution in [1.82, 2.24) is 5.32 Å². The van der Waals surface area contributed by atoms with Gasteiger partial charge >= 0.3 is 12.4 Å². The Labute approximate surface area is 191 Å². The minimum Gasteiger partial charge on any atom is -0.379 e. The molecule has 3 rings (SSSR count). The van der Waals surface area contributed by atoms with Crippen LogP contribution in [0.4, 0.5) is 26.3 Å². The van der Waals surface area contributed by atoms with Gasteiger partial charge in [0.15, 0.2) is 5.60 Å². The summed E-state index contributed by atoms with van der Waals surface area (Å²) < 4.78 is 85.1. The molecule has 186 valence electrons. The van der Waals surface area contributed by atoms with Gasteiger partial charge in [-0.1, -0.05) is 30.3 Å². The Morgan fingerprint density at radius 1 is 1.06 bits per heavy atom. The molecule has 1 aliphatic heterocycles. The van der Waals surface area contributed by atoms with Crippen LogP contribution in [0, 0.1) is 0 Å². The van der Waals surface area contributed by atoms with E-state index >= 15 is 0 Å². The number of rotatable bonds is 6. The first kappa shape index (κ1) is 26.0. The molecular formula is C23H24F6N2O3. The first-order valence-electron chi connectivity index (χ1n) is 10.4. The molecule has 1 aliphatic rings. The van der Waals surface area contributed by atoms with Crippen molar-refractivity contribution in [1.29, 1.82) is 0 Å². The van der Waals surface area contributed by atoms with Gasteiger partial charge in [-0.25, -0.2) is 0 Å². The summed E-state index contributed by atoms with van der Waals surface area (Å²) in [6.45, 7) is 1.01. The van der Waals surface area contributed by atoms with Crippen LogP contribution in [0.15, 0.2) is 48.5 Å². The number of benzene rings is 2. The van der Waals surface area contributed by atoms with E-state index in [1.807, 2.05) is 0 Å². The van der Waals surface area contributed by atoms with Crippen LogP contribution < -0.4 is 11.1 Å². The van der Waals surface area contributed by atoms with Gasteiger partial charge in [0, 0.05) is 6.54 Å². The summed E-state index contributed by atoms with van der Waals surface area (Å²) in [6, 6.07) is 10.1. The topological polar surface area (TPSA) is 84.6 Å². The zero-order valence-electron chi connectivity index (χ0n) is 18.1. The number of hydrogen-bond acceptors (Lipinski definition) is 4. The van der Waals surface area contributed by atoms with Crippen molar-refractivity contribution in [2.75, 3.05) is 13.2 Å². The first-order valence-corrected chi connectivity index (χ1v) is 10.4. The predicted octanol–water partition coefficient (Wildman–Crippen LogP) is 4.30. The van der Waals surface area contributed by atoms with Gasteiger partial charge in [0.25, 0.3) is 5.91 Å². The zero-order chi connectivity index (χ0) is 25.4. The van der Waals surface area contributed by atoms with E-state index in [4.69, 9.17) is 10.5 Å². The number of alkyl halides is 6. The minimum absolute atomic E-state index is 0.0102. The Hall–Kier alpha value is -2.63. The number of carbonyl (C=O) groups is 1. The number of piperidine rings is 1. The normalized spacial score (nSPS) is 24.6. The van der Waals surface area contributed by atoms with E-state index in [0.29, 0.717) is 17.7 Å². The molecule has 0 radical (unpaired) electrons. The highest BCUT2D eigenvalue weighted by Gasteiger charge is 2.46. The zero-order valence-corrected chi connectivity index (χ0v) is 18.1. The highest BCUT2D eigenvalue weighted by molar-refractivity contribution is 5.83. The lowest BCUT2D eigenvalue weighted by Crippen LogP contribution is -2.62. The Kier molecular flexibility index (Phi) is 7.03. The van der Waals surface area contributed by atoms with E-state index in [2.05, 4.69) is 5.32 Å². The third kappa shape index (κ3) is 5.53. The Balaban J connectivity index is 1.89. The van der Waals surface area contributed by atoms with Crippen LogP contribution in [-0.2, 0) is 27.4 Å². The third-order valence-corrected chi connectivity index (χ3v) is 6.13. The van der Waals surface area contributed by atoms with Crippen molar-refractivity contribution in [3.8, 4) is 0 Å². The molecule has 2 aromatic carbocycles. The standard InChI is InChI=1S/C23H24F6N2O3/c1-14(15-9-17(22(24,25)26)11-18(10-15)23(27,28)29)34-13-20(16-5-3-2-4-6-16)7-8-21(33,12-31-20)19(30)32/h2-6,9-11,14,31,33H,7-8,12-13H2,1H3,(H2,30,32). The SMILES string of the molecule is CC(OCC1(c2ccccc2)CCC(O)(C(N)=O)CN1)c1cc(C(F)(F)F)cc(C(F)(F)F)c1. The fourth-order valence-electron chi connectivity index (χ4n) is 3.91. The van der Waals surface area contributed by atoms with E-state index in [-0.39, 0.29) is 37.6 Å². The van der Waals surface area contributed by atoms with Crippen molar-refractivity contribution in [3.05, 3.63) is 70.8 Å². The molecule has 5 nitrogen and oxygen atoms in total. The number of nitrogens with two attached hydrogens (primary N) is 1. The molecular weight excluding hydrogens is 466 g/mol. The molecule has 34 heavy (non-hydrogen) atoms. The fourth-order valence-corrected chi connectivity index (χ4v) is 3.91. The number of primary amides is 1. The number of amides is 1. The lowest BCUT2D eigenvalue weighted by atomic mass is 9.77. The molecule has 1 heterocycles. The van der Waals surface area contributed by atoms with Gasteiger partial charge in [-0.05, 0) is 49.1 Å². The highest BCUT2D eigenvalue weighted by Crippen LogP contribution is 2.39. The van der Waals surface area contributed by atoms with Gasteiger partial charge in [-0.3, -0.25) is 4.79 Å². The predicted molar refractivity (Wildman–Crippen MR) is 110 cm³/mol. The maximum atomic E-state index is 13.2. The second kappa shape index (κ2) is 9.20. The molecule has 1 amide bonds. The smallest absolute Gasteiger partial charge is 0.379 e. The second-order valence-electron chi connectivity index (χ2n) is 8.49. The molecule has 3 atom stereocenters. The molecule has 4 N–H and O–H groups in total. The van der Waals surface area contributed by atoms with Crippen LogP contribution in [0.5, 0.6) is 0 Å². The van der Waals surface area contributed by atoms with Crippen LogP contribution >= 0.6 is 0 Å². The van der Waals surface area contributed by atoms with Crippen molar-refractivity contribution in [2.24, 2.45) is 5.73 Å². The fraction of sp³-hybridized carbons (Fsp3) is 0.435. The Morgan fingerprint density at radius 3 is 2.06 bits per heavy atom. The summed E-state index contributed by atoms with van der Waals surface area (Å²) in [5.74, 6) is -0.903.